The summed E-state index contributed by atoms with van der Waals surface area (Å²) in [4.78, 5) is 26.4. The molecule has 1 saturated carbocycles. The van der Waals surface area contributed by atoms with Crippen LogP contribution in [0.15, 0.2) is 10.5 Å². The molecule has 1 aliphatic carbocycles. The van der Waals surface area contributed by atoms with E-state index in [1.165, 1.54) is 7.11 Å². The van der Waals surface area contributed by atoms with Crippen LogP contribution < -0.4 is 5.32 Å². The minimum atomic E-state index is -0.449. The van der Waals surface area contributed by atoms with E-state index in [9.17, 15) is 14.9 Å². The van der Waals surface area contributed by atoms with E-state index < -0.39 is 5.97 Å². The van der Waals surface area contributed by atoms with E-state index in [0.717, 1.165) is 36.9 Å². The van der Waals surface area contributed by atoms with Gasteiger partial charge in [-0.05, 0) is 52.3 Å². The molecule has 3 rings (SSSR count). The number of carbonyl (C=O) groups is 2. The Bertz CT molecular complexity index is 1020. The number of rotatable bonds is 7. The highest BCUT2D eigenvalue weighted by Gasteiger charge is 2.27. The molecule has 8 heteroatoms. The van der Waals surface area contributed by atoms with Crippen LogP contribution in [0, 0.1) is 32.1 Å². The van der Waals surface area contributed by atoms with Crippen molar-refractivity contribution < 1.29 is 18.7 Å². The largest absolute Gasteiger partial charge is 0.465 e. The molecule has 0 aliphatic heterocycles. The third kappa shape index (κ3) is 4.67. The van der Waals surface area contributed by atoms with Crippen LogP contribution in [0.2, 0.25) is 0 Å². The fraction of sp³-hybridized carbons (Fsp3) is 0.522. The summed E-state index contributed by atoms with van der Waals surface area (Å²) in [7, 11) is 3.12. The number of methoxy groups -OCH3 is 1. The molecule has 1 aliphatic rings. The Kier molecular flexibility index (Phi) is 6.86. The highest BCUT2D eigenvalue weighted by atomic mass is 16.5. The topological polar surface area (TPSA) is 101 Å². The number of ether oxygens (including phenoxy) is 1. The number of nitriles is 1. The highest BCUT2D eigenvalue weighted by molar-refractivity contribution is 5.93. The summed E-state index contributed by atoms with van der Waals surface area (Å²) in [6.07, 6.45) is 4.44. The second-order valence-corrected chi connectivity index (χ2v) is 8.25. The summed E-state index contributed by atoms with van der Waals surface area (Å²) in [6.45, 7) is 6.12. The van der Waals surface area contributed by atoms with Gasteiger partial charge in [0.2, 0.25) is 5.91 Å². The third-order valence-corrected chi connectivity index (χ3v) is 6.03. The summed E-state index contributed by atoms with van der Waals surface area (Å²) in [5.41, 5.74) is 2.87. The second kappa shape index (κ2) is 9.40. The molecule has 2 aromatic heterocycles. The van der Waals surface area contributed by atoms with Crippen molar-refractivity contribution in [1.29, 1.82) is 5.26 Å². The number of esters is 1. The zero-order valence-electron chi connectivity index (χ0n) is 18.9. The molecule has 0 unspecified atom stereocenters. The first-order valence-corrected chi connectivity index (χ1v) is 10.5. The average Bonchev–Trinajstić information content (AvgIpc) is 3.41. The predicted molar refractivity (Wildman–Crippen MR) is 116 cm³/mol. The van der Waals surface area contributed by atoms with E-state index in [-0.39, 0.29) is 12.5 Å². The lowest BCUT2D eigenvalue weighted by Crippen LogP contribution is -2.31. The molecule has 0 spiro atoms. The molecule has 1 N–H and O–H groups in total. The van der Waals surface area contributed by atoms with Crippen molar-refractivity contribution in [2.75, 3.05) is 26.0 Å². The van der Waals surface area contributed by atoms with E-state index in [4.69, 9.17) is 9.15 Å². The molecule has 1 amide bonds. The number of hydrogen-bond donors (Lipinski definition) is 1. The molecule has 0 aromatic carbocycles. The van der Waals surface area contributed by atoms with Crippen LogP contribution in [0.5, 0.6) is 0 Å². The van der Waals surface area contributed by atoms with Gasteiger partial charge in [-0.3, -0.25) is 9.69 Å². The molecule has 2 heterocycles. The first-order valence-electron chi connectivity index (χ1n) is 10.5. The SMILES string of the molecule is COC(=O)c1cc(CN(C)CC(=O)Nc2c(C#N)c(C)c(C)n2C2CCCC2)oc1C. The van der Waals surface area contributed by atoms with Gasteiger partial charge in [0, 0.05) is 11.7 Å². The molecule has 166 valence electrons. The maximum absolute atomic E-state index is 12.8. The van der Waals surface area contributed by atoms with Crippen LogP contribution in [-0.2, 0) is 16.1 Å². The number of anilines is 1. The Balaban J connectivity index is 1.72. The van der Waals surface area contributed by atoms with Gasteiger partial charge in [-0.1, -0.05) is 12.8 Å². The van der Waals surface area contributed by atoms with Crippen LogP contribution in [0.3, 0.4) is 0 Å². The number of aryl methyl sites for hydroxylation is 1. The van der Waals surface area contributed by atoms with E-state index in [2.05, 4.69) is 16.0 Å². The highest BCUT2D eigenvalue weighted by Crippen LogP contribution is 2.37. The van der Waals surface area contributed by atoms with Crippen molar-refractivity contribution in [1.82, 2.24) is 9.47 Å². The number of hydrogen-bond acceptors (Lipinski definition) is 6. The van der Waals surface area contributed by atoms with Crippen LogP contribution in [0.4, 0.5) is 5.82 Å². The summed E-state index contributed by atoms with van der Waals surface area (Å²) >= 11 is 0. The Labute approximate surface area is 182 Å². The molecule has 1 fully saturated rings. The lowest BCUT2D eigenvalue weighted by molar-refractivity contribution is -0.117. The van der Waals surface area contributed by atoms with Crippen molar-refractivity contribution in [2.24, 2.45) is 0 Å². The van der Waals surface area contributed by atoms with Gasteiger partial charge in [-0.25, -0.2) is 4.79 Å². The van der Waals surface area contributed by atoms with Crippen LogP contribution in [-0.4, -0.2) is 42.0 Å². The van der Waals surface area contributed by atoms with Gasteiger partial charge in [0.05, 0.1) is 25.8 Å². The summed E-state index contributed by atoms with van der Waals surface area (Å²) in [5, 5.41) is 12.7. The third-order valence-electron chi connectivity index (χ3n) is 6.03. The Morgan fingerprint density at radius 1 is 1.32 bits per heavy atom. The molecular weight excluding hydrogens is 396 g/mol. The Morgan fingerprint density at radius 2 is 2.00 bits per heavy atom. The zero-order valence-corrected chi connectivity index (χ0v) is 18.9. The van der Waals surface area contributed by atoms with E-state index in [0.29, 0.717) is 41.1 Å². The number of nitrogens with one attached hydrogen (secondary N) is 1. The molecule has 31 heavy (non-hydrogen) atoms. The molecule has 0 radical (unpaired) electrons. The lowest BCUT2D eigenvalue weighted by Gasteiger charge is -2.20. The van der Waals surface area contributed by atoms with Gasteiger partial charge < -0.3 is 19.0 Å². The van der Waals surface area contributed by atoms with Crippen molar-refractivity contribution >= 4 is 17.7 Å². The molecule has 2 aromatic rings. The summed E-state index contributed by atoms with van der Waals surface area (Å²) < 4.78 is 12.5. The smallest absolute Gasteiger partial charge is 0.341 e. The molecular formula is C23H30N4O4. The molecule has 0 atom stereocenters. The first kappa shape index (κ1) is 22.6. The Hall–Kier alpha value is -3.05. The maximum Gasteiger partial charge on any atom is 0.341 e. The van der Waals surface area contributed by atoms with E-state index in [1.807, 2.05) is 13.8 Å². The monoisotopic (exact) mass is 426 g/mol. The van der Waals surface area contributed by atoms with Crippen molar-refractivity contribution in [3.8, 4) is 6.07 Å². The predicted octanol–water partition coefficient (Wildman–Crippen LogP) is 3.85. The van der Waals surface area contributed by atoms with Gasteiger partial charge in [0.15, 0.2) is 0 Å². The van der Waals surface area contributed by atoms with Gasteiger partial charge in [0.1, 0.15) is 29.0 Å². The normalized spacial score (nSPS) is 14.1. The summed E-state index contributed by atoms with van der Waals surface area (Å²) in [6, 6.07) is 4.22. The Morgan fingerprint density at radius 3 is 2.61 bits per heavy atom. The van der Waals surface area contributed by atoms with Gasteiger partial charge in [-0.2, -0.15) is 5.26 Å². The number of aromatic nitrogens is 1. The first-order chi connectivity index (χ1) is 14.8. The molecule has 0 bridgehead atoms. The van der Waals surface area contributed by atoms with Crippen molar-refractivity contribution in [2.45, 2.75) is 59.0 Å². The molecule has 8 nitrogen and oxygen atoms in total. The fourth-order valence-electron chi connectivity index (χ4n) is 4.38. The number of carbonyl (C=O) groups excluding carboxylic acids is 2. The van der Waals surface area contributed by atoms with Crippen molar-refractivity contribution in [3.05, 3.63) is 40.0 Å². The minimum absolute atomic E-state index is 0.117. The number of likely N-dealkylation sites (N-methyl/N-ethyl adjacent to an activating group) is 1. The van der Waals surface area contributed by atoms with Gasteiger partial charge in [0.25, 0.3) is 0 Å². The average molecular weight is 427 g/mol. The number of amides is 1. The van der Waals surface area contributed by atoms with Crippen molar-refractivity contribution in [3.63, 3.8) is 0 Å². The second-order valence-electron chi connectivity index (χ2n) is 8.25. The quantitative estimate of drug-likeness (QED) is 0.675. The van der Waals surface area contributed by atoms with Crippen LogP contribution in [0.1, 0.15) is 70.4 Å². The standard InChI is InChI=1S/C23H30N4O4/c1-14-15(2)27(17-8-6-7-9-17)22(20(14)11-24)25-21(28)13-26(4)12-18-10-19(16(3)31-18)23(29)30-5/h10,17H,6-9,12-13H2,1-5H3,(H,25,28). The number of furan rings is 1. The summed E-state index contributed by atoms with van der Waals surface area (Å²) in [5.74, 6) is 1.01. The molecule has 0 saturated heterocycles. The fourth-order valence-corrected chi connectivity index (χ4v) is 4.38. The lowest BCUT2D eigenvalue weighted by atomic mass is 10.2. The number of nitrogens with zero attached hydrogens (tertiary/aromatic N) is 3. The zero-order chi connectivity index (χ0) is 22.7. The van der Waals surface area contributed by atoms with Crippen LogP contribution >= 0.6 is 0 Å². The van der Waals surface area contributed by atoms with Crippen LogP contribution in [0.25, 0.3) is 0 Å². The van der Waals surface area contributed by atoms with E-state index in [1.54, 1.807) is 24.9 Å². The maximum atomic E-state index is 12.8. The minimum Gasteiger partial charge on any atom is -0.465 e. The van der Waals surface area contributed by atoms with E-state index >= 15 is 0 Å². The van der Waals surface area contributed by atoms with Gasteiger partial charge >= 0.3 is 5.97 Å². The van der Waals surface area contributed by atoms with Gasteiger partial charge in [-0.15, -0.1) is 0 Å².